The summed E-state index contributed by atoms with van der Waals surface area (Å²) in [7, 11) is 1.54. The lowest BCUT2D eigenvalue weighted by Crippen LogP contribution is -2.44. The maximum absolute atomic E-state index is 11.6. The van der Waals surface area contributed by atoms with Crippen LogP contribution in [0.1, 0.15) is 12.8 Å². The predicted octanol–water partition coefficient (Wildman–Crippen LogP) is -0.837. The number of ether oxygens (including phenoxy) is 1. The summed E-state index contributed by atoms with van der Waals surface area (Å²) < 4.78 is 4.78. The van der Waals surface area contributed by atoms with E-state index >= 15 is 0 Å². The molecule has 3 N–H and O–H groups in total. The van der Waals surface area contributed by atoms with Gasteiger partial charge in [0.1, 0.15) is 0 Å². The molecule has 0 saturated carbocycles. The molecule has 1 aliphatic rings. The molecule has 7 heteroatoms. The van der Waals surface area contributed by atoms with E-state index in [1.807, 2.05) is 4.90 Å². The van der Waals surface area contributed by atoms with E-state index in [9.17, 15) is 9.59 Å². The summed E-state index contributed by atoms with van der Waals surface area (Å²) in [4.78, 5) is 24.9. The number of imide groups is 1. The Hall–Kier alpha value is -1.18. The molecule has 1 saturated heterocycles. The van der Waals surface area contributed by atoms with Crippen LogP contribution in [0.5, 0.6) is 0 Å². The molecule has 1 fully saturated rings. The zero-order chi connectivity index (χ0) is 14.1. The number of aliphatic hydroxyl groups is 1. The molecule has 19 heavy (non-hydrogen) atoms. The molecule has 3 amide bonds. The molecule has 0 aromatic carbocycles. The second kappa shape index (κ2) is 8.84. The number of nitrogens with zero attached hydrogens (tertiary/aromatic N) is 1. The van der Waals surface area contributed by atoms with Gasteiger partial charge in [0.05, 0.1) is 13.2 Å². The van der Waals surface area contributed by atoms with Crippen LogP contribution in [0, 0.1) is 5.92 Å². The van der Waals surface area contributed by atoms with E-state index in [0.717, 1.165) is 25.9 Å². The van der Waals surface area contributed by atoms with Crippen molar-refractivity contribution in [3.63, 3.8) is 0 Å². The van der Waals surface area contributed by atoms with Crippen LogP contribution in [0.15, 0.2) is 0 Å². The molecule has 1 aliphatic heterocycles. The second-order valence-electron chi connectivity index (χ2n) is 4.70. The van der Waals surface area contributed by atoms with Crippen molar-refractivity contribution in [1.29, 1.82) is 0 Å². The molecular formula is C12H23N3O4. The standard InChI is InChI=1S/C12H23N3O4/c1-19-7-4-13-12(18)14-11(17)9-15-5-2-10(8-15)3-6-16/h10,16H,2-9H2,1H3,(H2,13,14,17,18). The van der Waals surface area contributed by atoms with Gasteiger partial charge < -0.3 is 15.2 Å². The highest BCUT2D eigenvalue weighted by Crippen LogP contribution is 2.18. The highest BCUT2D eigenvalue weighted by molar-refractivity contribution is 5.95. The summed E-state index contributed by atoms with van der Waals surface area (Å²) >= 11 is 0. The quantitative estimate of drug-likeness (QED) is 0.526. The van der Waals surface area contributed by atoms with Gasteiger partial charge in [0, 0.05) is 26.8 Å². The van der Waals surface area contributed by atoms with Crippen molar-refractivity contribution in [2.45, 2.75) is 12.8 Å². The predicted molar refractivity (Wildman–Crippen MR) is 69.7 cm³/mol. The van der Waals surface area contributed by atoms with Crippen LogP contribution in [0.2, 0.25) is 0 Å². The van der Waals surface area contributed by atoms with Crippen LogP contribution in [-0.2, 0) is 9.53 Å². The number of carbonyl (C=O) groups is 2. The summed E-state index contributed by atoms with van der Waals surface area (Å²) in [6.07, 6.45) is 1.77. The molecule has 110 valence electrons. The first-order valence-electron chi connectivity index (χ1n) is 6.55. The maximum Gasteiger partial charge on any atom is 0.321 e. The molecule has 0 radical (unpaired) electrons. The van der Waals surface area contributed by atoms with Crippen LogP contribution in [0.3, 0.4) is 0 Å². The third kappa shape index (κ3) is 6.51. The molecule has 1 unspecified atom stereocenters. The maximum atomic E-state index is 11.6. The first kappa shape index (κ1) is 15.9. The molecule has 0 bridgehead atoms. The Balaban J connectivity index is 2.15. The Labute approximate surface area is 113 Å². The van der Waals surface area contributed by atoms with Crippen molar-refractivity contribution in [3.8, 4) is 0 Å². The molecule has 1 atom stereocenters. The minimum absolute atomic E-state index is 0.187. The minimum atomic E-state index is -0.492. The van der Waals surface area contributed by atoms with E-state index in [1.54, 1.807) is 7.11 Å². The fourth-order valence-electron chi connectivity index (χ4n) is 2.15. The van der Waals surface area contributed by atoms with Gasteiger partial charge in [-0.3, -0.25) is 15.0 Å². The third-order valence-electron chi connectivity index (χ3n) is 3.12. The van der Waals surface area contributed by atoms with Crippen LogP contribution in [-0.4, -0.2) is 68.4 Å². The van der Waals surface area contributed by atoms with Crippen molar-refractivity contribution >= 4 is 11.9 Å². The SMILES string of the molecule is COCCNC(=O)NC(=O)CN1CCC(CCO)C1. The van der Waals surface area contributed by atoms with Crippen LogP contribution in [0.4, 0.5) is 4.79 Å². The van der Waals surface area contributed by atoms with Crippen molar-refractivity contribution in [1.82, 2.24) is 15.5 Å². The number of rotatable bonds is 7. The van der Waals surface area contributed by atoms with E-state index in [2.05, 4.69) is 10.6 Å². The number of amides is 3. The zero-order valence-corrected chi connectivity index (χ0v) is 11.4. The Morgan fingerprint density at radius 1 is 1.47 bits per heavy atom. The van der Waals surface area contributed by atoms with Crippen LogP contribution < -0.4 is 10.6 Å². The first-order chi connectivity index (χ1) is 9.15. The Morgan fingerprint density at radius 3 is 2.95 bits per heavy atom. The number of hydrogen-bond donors (Lipinski definition) is 3. The Bertz CT molecular complexity index is 299. The van der Waals surface area contributed by atoms with Crippen LogP contribution >= 0.6 is 0 Å². The smallest absolute Gasteiger partial charge is 0.321 e. The first-order valence-corrected chi connectivity index (χ1v) is 6.55. The average molecular weight is 273 g/mol. The number of hydrogen-bond acceptors (Lipinski definition) is 5. The van der Waals surface area contributed by atoms with Crippen LogP contribution in [0.25, 0.3) is 0 Å². The number of likely N-dealkylation sites (tertiary alicyclic amines) is 1. The second-order valence-corrected chi connectivity index (χ2v) is 4.70. The van der Waals surface area contributed by atoms with Crippen molar-refractivity contribution in [3.05, 3.63) is 0 Å². The summed E-state index contributed by atoms with van der Waals surface area (Å²) in [5.74, 6) is 0.146. The fourth-order valence-corrected chi connectivity index (χ4v) is 2.15. The topological polar surface area (TPSA) is 90.9 Å². The van der Waals surface area contributed by atoms with E-state index in [-0.39, 0.29) is 19.1 Å². The summed E-state index contributed by atoms with van der Waals surface area (Å²) in [6, 6.07) is -0.492. The van der Waals surface area contributed by atoms with E-state index in [4.69, 9.17) is 9.84 Å². The zero-order valence-electron chi connectivity index (χ0n) is 11.4. The minimum Gasteiger partial charge on any atom is -0.396 e. The highest BCUT2D eigenvalue weighted by atomic mass is 16.5. The molecule has 0 aromatic heterocycles. The molecule has 0 aromatic rings. The van der Waals surface area contributed by atoms with Gasteiger partial charge in [0.15, 0.2) is 0 Å². The van der Waals surface area contributed by atoms with Gasteiger partial charge in [-0.15, -0.1) is 0 Å². The van der Waals surface area contributed by atoms with Gasteiger partial charge in [-0.05, 0) is 25.3 Å². The number of methoxy groups -OCH3 is 1. The number of carbonyl (C=O) groups excluding carboxylic acids is 2. The normalized spacial score (nSPS) is 19.4. The molecule has 1 heterocycles. The van der Waals surface area contributed by atoms with Gasteiger partial charge in [-0.2, -0.15) is 0 Å². The number of aliphatic hydroxyl groups excluding tert-OH is 1. The number of nitrogens with one attached hydrogen (secondary N) is 2. The third-order valence-corrected chi connectivity index (χ3v) is 3.12. The fraction of sp³-hybridized carbons (Fsp3) is 0.833. The Morgan fingerprint density at radius 2 is 2.26 bits per heavy atom. The summed E-state index contributed by atoms with van der Waals surface area (Å²) in [6.45, 7) is 2.84. The van der Waals surface area contributed by atoms with E-state index in [1.165, 1.54) is 0 Å². The molecule has 0 spiro atoms. The van der Waals surface area contributed by atoms with Gasteiger partial charge >= 0.3 is 6.03 Å². The molecule has 7 nitrogen and oxygen atoms in total. The van der Waals surface area contributed by atoms with Gasteiger partial charge in [0.2, 0.25) is 5.91 Å². The van der Waals surface area contributed by atoms with Crippen molar-refractivity contribution < 1.29 is 19.4 Å². The highest BCUT2D eigenvalue weighted by Gasteiger charge is 2.23. The molecular weight excluding hydrogens is 250 g/mol. The largest absolute Gasteiger partial charge is 0.396 e. The number of urea groups is 1. The molecule has 1 rings (SSSR count). The lowest BCUT2D eigenvalue weighted by atomic mass is 10.1. The summed E-state index contributed by atoms with van der Waals surface area (Å²) in [5.41, 5.74) is 0. The Kier molecular flexibility index (Phi) is 7.39. The lowest BCUT2D eigenvalue weighted by Gasteiger charge is -2.15. The van der Waals surface area contributed by atoms with Gasteiger partial charge in [0.25, 0.3) is 0 Å². The van der Waals surface area contributed by atoms with Gasteiger partial charge in [-0.25, -0.2) is 4.79 Å². The van der Waals surface area contributed by atoms with Gasteiger partial charge in [-0.1, -0.05) is 0 Å². The lowest BCUT2D eigenvalue weighted by molar-refractivity contribution is -0.120. The van der Waals surface area contributed by atoms with E-state index in [0.29, 0.717) is 19.1 Å². The summed E-state index contributed by atoms with van der Waals surface area (Å²) in [5, 5.41) is 13.7. The van der Waals surface area contributed by atoms with Crippen molar-refractivity contribution in [2.24, 2.45) is 5.92 Å². The molecule has 0 aliphatic carbocycles. The van der Waals surface area contributed by atoms with Crippen molar-refractivity contribution in [2.75, 3.05) is 46.5 Å². The monoisotopic (exact) mass is 273 g/mol. The van der Waals surface area contributed by atoms with E-state index < -0.39 is 6.03 Å². The average Bonchev–Trinajstić information content (AvgIpc) is 2.77.